The van der Waals surface area contributed by atoms with Crippen LogP contribution in [-0.4, -0.2) is 34.1 Å². The summed E-state index contributed by atoms with van der Waals surface area (Å²) in [5.41, 5.74) is 0.915. The number of furan rings is 1. The molecule has 2 heterocycles. The lowest BCUT2D eigenvalue weighted by molar-refractivity contribution is 0.0862. The van der Waals surface area contributed by atoms with Gasteiger partial charge in [0.15, 0.2) is 5.76 Å². The highest BCUT2D eigenvalue weighted by atomic mass is 35.5. The summed E-state index contributed by atoms with van der Waals surface area (Å²) in [7, 11) is 0. The molecule has 0 bridgehead atoms. The van der Waals surface area contributed by atoms with Gasteiger partial charge in [-0.2, -0.15) is 0 Å². The molecule has 1 saturated carbocycles. The normalized spacial score (nSPS) is 17.9. The molecule has 180 valence electrons. The molecule has 1 aliphatic carbocycles. The predicted molar refractivity (Wildman–Crippen MR) is 127 cm³/mol. The zero-order valence-corrected chi connectivity index (χ0v) is 19.7. The first kappa shape index (κ1) is 23.3. The van der Waals surface area contributed by atoms with Crippen LogP contribution < -0.4 is 10.6 Å². The molecule has 1 fully saturated rings. The number of amides is 2. The van der Waals surface area contributed by atoms with Crippen molar-refractivity contribution in [1.29, 1.82) is 0 Å². The number of nitrogens with one attached hydrogen (secondary N) is 2. The number of carbonyl (C=O) groups excluding carboxylic acids is 2. The minimum atomic E-state index is -0.623. The van der Waals surface area contributed by atoms with Crippen LogP contribution in [0, 0.1) is 5.82 Å². The van der Waals surface area contributed by atoms with Crippen molar-refractivity contribution >= 4 is 46.0 Å². The van der Waals surface area contributed by atoms with Crippen LogP contribution in [0.2, 0.25) is 10.0 Å². The molecule has 0 spiro atoms. The van der Waals surface area contributed by atoms with Gasteiger partial charge in [0.25, 0.3) is 5.91 Å². The Labute approximate surface area is 208 Å². The zero-order valence-electron chi connectivity index (χ0n) is 18.2. The molecule has 0 unspecified atom stereocenters. The summed E-state index contributed by atoms with van der Waals surface area (Å²) in [6.45, 7) is 0. The van der Waals surface area contributed by atoms with Crippen molar-refractivity contribution in [3.63, 3.8) is 0 Å². The molecular formula is C24H19Cl2FN4O4. The maximum Gasteiger partial charge on any atom is 0.309 e. The van der Waals surface area contributed by atoms with E-state index in [4.69, 9.17) is 32.0 Å². The first-order chi connectivity index (χ1) is 16.9. The molecular weight excluding hydrogens is 498 g/mol. The molecule has 2 aromatic carbocycles. The summed E-state index contributed by atoms with van der Waals surface area (Å²) in [6, 6.07) is 10.8. The monoisotopic (exact) mass is 516 g/mol. The summed E-state index contributed by atoms with van der Waals surface area (Å²) in [4.78, 5) is 25.1. The van der Waals surface area contributed by atoms with Gasteiger partial charge in [-0.25, -0.2) is 4.39 Å². The van der Waals surface area contributed by atoms with E-state index in [1.165, 1.54) is 12.1 Å². The van der Waals surface area contributed by atoms with Gasteiger partial charge in [-0.15, -0.1) is 10.2 Å². The van der Waals surface area contributed by atoms with E-state index in [1.807, 2.05) is 0 Å². The summed E-state index contributed by atoms with van der Waals surface area (Å²) < 4.78 is 24.7. The smallest absolute Gasteiger partial charge is 0.309 e. The summed E-state index contributed by atoms with van der Waals surface area (Å²) in [5.74, 6) is -1.39. The SMILES string of the molecule is O=C(N[C@H]1CC[C@H](NC(=O)c2nnc(-c3ccc(Cl)c(F)c3)o2)CC1)c1cc2cc(Cl)ccc2o1. The third-order valence-electron chi connectivity index (χ3n) is 5.89. The number of halogens is 3. The maximum absolute atomic E-state index is 13.7. The van der Waals surface area contributed by atoms with E-state index in [-0.39, 0.29) is 40.6 Å². The number of aromatic nitrogens is 2. The second kappa shape index (κ2) is 9.67. The van der Waals surface area contributed by atoms with Crippen molar-refractivity contribution in [2.75, 3.05) is 0 Å². The first-order valence-electron chi connectivity index (χ1n) is 11.0. The molecule has 4 aromatic rings. The fraction of sp³-hybridized carbons (Fsp3) is 0.250. The Morgan fingerprint density at radius 3 is 2.31 bits per heavy atom. The molecule has 8 nitrogen and oxygen atoms in total. The van der Waals surface area contributed by atoms with Crippen molar-refractivity contribution < 1.29 is 22.8 Å². The van der Waals surface area contributed by atoms with Gasteiger partial charge in [-0.3, -0.25) is 9.59 Å². The van der Waals surface area contributed by atoms with Crippen molar-refractivity contribution in [3.05, 3.63) is 70.0 Å². The van der Waals surface area contributed by atoms with Crippen LogP contribution >= 0.6 is 23.2 Å². The Morgan fingerprint density at radius 1 is 0.886 bits per heavy atom. The summed E-state index contributed by atoms with van der Waals surface area (Å²) >= 11 is 11.7. The lowest BCUT2D eigenvalue weighted by Gasteiger charge is -2.29. The Kier molecular flexibility index (Phi) is 6.44. The van der Waals surface area contributed by atoms with Gasteiger partial charge in [-0.1, -0.05) is 23.2 Å². The zero-order chi connectivity index (χ0) is 24.5. The average Bonchev–Trinajstić information content (AvgIpc) is 3.49. The van der Waals surface area contributed by atoms with Crippen LogP contribution in [0.3, 0.4) is 0 Å². The standard InChI is InChI=1S/C24H19Cl2FN4O4/c25-14-2-8-19-13(9-14)11-20(34-19)21(32)28-15-3-5-16(6-4-15)29-22(33)24-31-30-23(35-24)12-1-7-17(26)18(27)10-12/h1-2,7-11,15-16H,3-6H2,(H,28,32)(H,29,33)/t15-,16-. The third kappa shape index (κ3) is 5.16. The van der Waals surface area contributed by atoms with Crippen LogP contribution in [0.15, 0.2) is 51.3 Å². The fourth-order valence-electron chi connectivity index (χ4n) is 4.07. The lowest BCUT2D eigenvalue weighted by atomic mass is 9.91. The van der Waals surface area contributed by atoms with E-state index < -0.39 is 11.7 Å². The second-order valence-corrected chi connectivity index (χ2v) is 9.17. The third-order valence-corrected chi connectivity index (χ3v) is 6.43. The number of benzene rings is 2. The molecule has 2 aromatic heterocycles. The van der Waals surface area contributed by atoms with Crippen molar-refractivity contribution in [2.24, 2.45) is 0 Å². The lowest BCUT2D eigenvalue weighted by Crippen LogP contribution is -2.43. The molecule has 0 radical (unpaired) electrons. The molecule has 0 aliphatic heterocycles. The van der Waals surface area contributed by atoms with Gasteiger partial charge in [0.2, 0.25) is 5.89 Å². The van der Waals surface area contributed by atoms with Crippen LogP contribution in [0.4, 0.5) is 4.39 Å². The topological polar surface area (TPSA) is 110 Å². The van der Waals surface area contributed by atoms with Gasteiger partial charge >= 0.3 is 11.8 Å². The second-order valence-electron chi connectivity index (χ2n) is 8.33. The number of carbonyl (C=O) groups is 2. The molecule has 35 heavy (non-hydrogen) atoms. The number of hydrogen-bond acceptors (Lipinski definition) is 6. The molecule has 0 atom stereocenters. The van der Waals surface area contributed by atoms with Gasteiger partial charge in [0.05, 0.1) is 5.02 Å². The molecule has 5 rings (SSSR count). The highest BCUT2D eigenvalue weighted by molar-refractivity contribution is 6.31. The Balaban J connectivity index is 1.13. The van der Waals surface area contributed by atoms with Gasteiger partial charge in [0, 0.05) is 28.1 Å². The van der Waals surface area contributed by atoms with E-state index in [1.54, 1.807) is 24.3 Å². The number of hydrogen-bond donors (Lipinski definition) is 2. The fourth-order valence-corrected chi connectivity index (χ4v) is 4.37. The summed E-state index contributed by atoms with van der Waals surface area (Å²) in [5, 5.41) is 14.7. The Hall–Kier alpha value is -3.43. The van der Waals surface area contributed by atoms with Crippen LogP contribution in [-0.2, 0) is 0 Å². The van der Waals surface area contributed by atoms with Crippen LogP contribution in [0.5, 0.6) is 0 Å². The highest BCUT2D eigenvalue weighted by Gasteiger charge is 2.27. The van der Waals surface area contributed by atoms with E-state index in [2.05, 4.69) is 20.8 Å². The highest BCUT2D eigenvalue weighted by Crippen LogP contribution is 2.25. The maximum atomic E-state index is 13.7. The molecule has 2 amide bonds. The van der Waals surface area contributed by atoms with E-state index in [0.717, 1.165) is 11.5 Å². The van der Waals surface area contributed by atoms with Crippen LogP contribution in [0.1, 0.15) is 46.9 Å². The van der Waals surface area contributed by atoms with E-state index >= 15 is 0 Å². The van der Waals surface area contributed by atoms with Gasteiger partial charge in [0.1, 0.15) is 11.4 Å². The molecule has 2 N–H and O–H groups in total. The van der Waals surface area contributed by atoms with E-state index in [9.17, 15) is 14.0 Å². The first-order valence-corrected chi connectivity index (χ1v) is 11.7. The minimum absolute atomic E-state index is 0.0185. The minimum Gasteiger partial charge on any atom is -0.451 e. The summed E-state index contributed by atoms with van der Waals surface area (Å²) in [6.07, 6.45) is 2.69. The Morgan fingerprint density at radius 2 is 1.60 bits per heavy atom. The number of rotatable bonds is 5. The van der Waals surface area contributed by atoms with E-state index in [0.29, 0.717) is 41.9 Å². The number of fused-ring (bicyclic) bond motifs is 1. The molecule has 0 saturated heterocycles. The Bertz CT molecular complexity index is 1410. The van der Waals surface area contributed by atoms with Gasteiger partial charge < -0.3 is 19.5 Å². The van der Waals surface area contributed by atoms with Crippen molar-refractivity contribution in [1.82, 2.24) is 20.8 Å². The molecule has 1 aliphatic rings. The molecule has 11 heteroatoms. The van der Waals surface area contributed by atoms with Gasteiger partial charge in [-0.05, 0) is 68.1 Å². The van der Waals surface area contributed by atoms with Crippen molar-refractivity contribution in [2.45, 2.75) is 37.8 Å². The van der Waals surface area contributed by atoms with Crippen molar-refractivity contribution in [3.8, 4) is 11.5 Å². The predicted octanol–water partition coefficient (Wildman–Crippen LogP) is 5.40. The quantitative estimate of drug-likeness (QED) is 0.367. The van der Waals surface area contributed by atoms with Crippen LogP contribution in [0.25, 0.3) is 22.4 Å². The number of nitrogens with zero attached hydrogens (tertiary/aromatic N) is 2. The average molecular weight is 517 g/mol. The largest absolute Gasteiger partial charge is 0.451 e.